The molecule has 2 aliphatic heterocycles. The van der Waals surface area contributed by atoms with Crippen LogP contribution in [0.1, 0.15) is 35.3 Å². The predicted molar refractivity (Wildman–Crippen MR) is 104 cm³/mol. The molecule has 0 radical (unpaired) electrons. The maximum absolute atomic E-state index is 12.6. The summed E-state index contributed by atoms with van der Waals surface area (Å²) in [6.07, 6.45) is 7.42. The number of piperidine rings is 1. The number of hydrogen-bond donors (Lipinski definition) is 0. The van der Waals surface area contributed by atoms with E-state index in [-0.39, 0.29) is 11.5 Å². The molecule has 6 heteroatoms. The standard InChI is InChI=1S/C21H26N4O2/c1-16-3-5-17(6-4-16)24(2)18-13-21(27-15-18)7-11-25(12-8-21)20(26)19-14-22-9-10-23-19/h3-6,9-10,14,18H,7-8,11-13,15H2,1-2H3/t18-/m0/s1. The van der Waals surface area contributed by atoms with Gasteiger partial charge in [0.15, 0.2) is 0 Å². The average Bonchev–Trinajstić information content (AvgIpc) is 3.12. The summed E-state index contributed by atoms with van der Waals surface area (Å²) in [5.41, 5.74) is 2.80. The fourth-order valence-electron chi connectivity index (χ4n) is 4.10. The molecule has 1 aromatic heterocycles. The summed E-state index contributed by atoms with van der Waals surface area (Å²) < 4.78 is 6.29. The van der Waals surface area contributed by atoms with E-state index in [4.69, 9.17) is 4.74 Å². The van der Waals surface area contributed by atoms with Crippen molar-refractivity contribution in [1.82, 2.24) is 14.9 Å². The number of rotatable bonds is 3. The zero-order valence-corrected chi connectivity index (χ0v) is 16.0. The third kappa shape index (κ3) is 3.67. The molecular formula is C21H26N4O2. The summed E-state index contributed by atoms with van der Waals surface area (Å²) >= 11 is 0. The molecule has 2 aromatic rings. The van der Waals surface area contributed by atoms with Crippen molar-refractivity contribution in [2.75, 3.05) is 31.6 Å². The minimum absolute atomic E-state index is 0.0377. The van der Waals surface area contributed by atoms with Crippen LogP contribution in [0.25, 0.3) is 0 Å². The number of carbonyl (C=O) groups excluding carboxylic acids is 1. The summed E-state index contributed by atoms with van der Waals surface area (Å²) in [5, 5.41) is 0. The van der Waals surface area contributed by atoms with Gasteiger partial charge in [-0.2, -0.15) is 0 Å². The van der Waals surface area contributed by atoms with E-state index in [1.807, 2.05) is 4.90 Å². The Kier molecular flexibility index (Phi) is 4.83. The van der Waals surface area contributed by atoms with Gasteiger partial charge in [0.05, 0.1) is 24.4 Å². The van der Waals surface area contributed by atoms with Gasteiger partial charge >= 0.3 is 0 Å². The number of nitrogens with zero attached hydrogens (tertiary/aromatic N) is 4. The molecule has 4 rings (SSSR count). The Morgan fingerprint density at radius 2 is 1.96 bits per heavy atom. The summed E-state index contributed by atoms with van der Waals surface area (Å²) in [4.78, 5) is 24.9. The predicted octanol–water partition coefficient (Wildman–Crippen LogP) is 2.69. The molecule has 2 aliphatic rings. The van der Waals surface area contributed by atoms with Crippen LogP contribution in [0.5, 0.6) is 0 Å². The van der Waals surface area contributed by atoms with Crippen LogP contribution in [-0.2, 0) is 4.74 Å². The number of carbonyl (C=O) groups is 1. The highest BCUT2D eigenvalue weighted by Crippen LogP contribution is 2.38. The van der Waals surface area contributed by atoms with E-state index in [1.165, 1.54) is 17.4 Å². The lowest BCUT2D eigenvalue weighted by Crippen LogP contribution is -2.47. The number of aromatic nitrogens is 2. The molecule has 6 nitrogen and oxygen atoms in total. The lowest BCUT2D eigenvalue weighted by molar-refractivity contribution is -0.0389. The van der Waals surface area contributed by atoms with Crippen molar-refractivity contribution in [2.24, 2.45) is 0 Å². The highest BCUT2D eigenvalue weighted by atomic mass is 16.5. The number of hydrogen-bond acceptors (Lipinski definition) is 5. The summed E-state index contributed by atoms with van der Waals surface area (Å²) in [7, 11) is 2.14. The first-order valence-corrected chi connectivity index (χ1v) is 9.55. The zero-order chi connectivity index (χ0) is 18.9. The Morgan fingerprint density at radius 1 is 1.22 bits per heavy atom. The van der Waals surface area contributed by atoms with Crippen molar-refractivity contribution >= 4 is 11.6 Å². The highest BCUT2D eigenvalue weighted by Gasteiger charge is 2.44. The van der Waals surface area contributed by atoms with Crippen molar-refractivity contribution in [3.63, 3.8) is 0 Å². The molecule has 1 amide bonds. The maximum atomic E-state index is 12.6. The Morgan fingerprint density at radius 3 is 2.63 bits per heavy atom. The van der Waals surface area contributed by atoms with Crippen LogP contribution in [0.2, 0.25) is 0 Å². The summed E-state index contributed by atoms with van der Waals surface area (Å²) in [5.74, 6) is -0.0377. The van der Waals surface area contributed by atoms with E-state index in [2.05, 4.69) is 53.1 Å². The Hall–Kier alpha value is -2.47. The topological polar surface area (TPSA) is 58.6 Å². The second-order valence-corrected chi connectivity index (χ2v) is 7.68. The van der Waals surface area contributed by atoms with Crippen LogP contribution in [0, 0.1) is 6.92 Å². The quantitative estimate of drug-likeness (QED) is 0.836. The van der Waals surface area contributed by atoms with Gasteiger partial charge in [0.2, 0.25) is 0 Å². The Labute approximate surface area is 160 Å². The van der Waals surface area contributed by atoms with Gasteiger partial charge in [-0.05, 0) is 38.3 Å². The van der Waals surface area contributed by atoms with Gasteiger partial charge in [0.1, 0.15) is 5.69 Å². The molecule has 142 valence electrons. The fourth-order valence-corrected chi connectivity index (χ4v) is 4.10. The van der Waals surface area contributed by atoms with E-state index >= 15 is 0 Å². The van der Waals surface area contributed by atoms with Gasteiger partial charge in [0, 0.05) is 38.2 Å². The van der Waals surface area contributed by atoms with Crippen LogP contribution in [0.15, 0.2) is 42.9 Å². The number of amides is 1. The zero-order valence-electron chi connectivity index (χ0n) is 16.0. The van der Waals surface area contributed by atoms with E-state index in [1.54, 1.807) is 12.4 Å². The fraction of sp³-hybridized carbons (Fsp3) is 0.476. The van der Waals surface area contributed by atoms with E-state index < -0.39 is 0 Å². The molecule has 0 unspecified atom stereocenters. The molecule has 0 saturated carbocycles. The van der Waals surface area contributed by atoms with Gasteiger partial charge in [-0.3, -0.25) is 9.78 Å². The number of likely N-dealkylation sites (tertiary alicyclic amines) is 1. The number of benzene rings is 1. The van der Waals surface area contributed by atoms with Crippen LogP contribution < -0.4 is 4.90 Å². The van der Waals surface area contributed by atoms with Crippen LogP contribution in [-0.4, -0.2) is 59.2 Å². The largest absolute Gasteiger partial charge is 0.373 e. The number of aryl methyl sites for hydroxylation is 1. The number of ether oxygens (including phenoxy) is 1. The molecule has 1 aromatic carbocycles. The third-order valence-corrected chi connectivity index (χ3v) is 5.92. The van der Waals surface area contributed by atoms with Crippen LogP contribution in [0.4, 0.5) is 5.69 Å². The molecule has 0 bridgehead atoms. The molecular weight excluding hydrogens is 340 g/mol. The Bertz CT molecular complexity index is 786. The lowest BCUT2D eigenvalue weighted by Gasteiger charge is -2.38. The highest BCUT2D eigenvalue weighted by molar-refractivity contribution is 5.92. The maximum Gasteiger partial charge on any atom is 0.274 e. The third-order valence-electron chi connectivity index (χ3n) is 5.92. The smallest absolute Gasteiger partial charge is 0.274 e. The van der Waals surface area contributed by atoms with Gasteiger partial charge in [-0.1, -0.05) is 17.7 Å². The summed E-state index contributed by atoms with van der Waals surface area (Å²) in [6.45, 7) is 4.25. The Balaban J connectivity index is 1.36. The minimum Gasteiger partial charge on any atom is -0.373 e. The molecule has 0 N–H and O–H groups in total. The van der Waals surface area contributed by atoms with E-state index in [0.29, 0.717) is 24.8 Å². The average molecular weight is 366 g/mol. The van der Waals surface area contributed by atoms with Gasteiger partial charge in [-0.25, -0.2) is 4.98 Å². The number of anilines is 1. The summed E-state index contributed by atoms with van der Waals surface area (Å²) in [6, 6.07) is 9.00. The van der Waals surface area contributed by atoms with Crippen molar-refractivity contribution < 1.29 is 9.53 Å². The first kappa shape index (κ1) is 17.9. The first-order valence-electron chi connectivity index (χ1n) is 9.55. The monoisotopic (exact) mass is 366 g/mol. The molecule has 0 aliphatic carbocycles. The molecule has 1 spiro atoms. The molecule has 2 fully saturated rings. The number of likely N-dealkylation sites (N-methyl/N-ethyl adjacent to an activating group) is 1. The molecule has 27 heavy (non-hydrogen) atoms. The van der Waals surface area contributed by atoms with Crippen molar-refractivity contribution in [3.8, 4) is 0 Å². The second-order valence-electron chi connectivity index (χ2n) is 7.68. The molecule has 2 saturated heterocycles. The van der Waals surface area contributed by atoms with Crippen molar-refractivity contribution in [1.29, 1.82) is 0 Å². The second kappa shape index (κ2) is 7.27. The van der Waals surface area contributed by atoms with Gasteiger partial charge < -0.3 is 14.5 Å². The molecule has 1 atom stereocenters. The van der Waals surface area contributed by atoms with E-state index in [9.17, 15) is 4.79 Å². The normalized spacial score (nSPS) is 21.4. The van der Waals surface area contributed by atoms with Crippen molar-refractivity contribution in [2.45, 2.75) is 37.8 Å². The van der Waals surface area contributed by atoms with Gasteiger partial charge in [-0.15, -0.1) is 0 Å². The van der Waals surface area contributed by atoms with Gasteiger partial charge in [0.25, 0.3) is 5.91 Å². The van der Waals surface area contributed by atoms with E-state index in [0.717, 1.165) is 25.9 Å². The SMILES string of the molecule is Cc1ccc(N(C)[C@@H]2COC3(CCN(C(=O)c4cnccn4)CC3)C2)cc1. The first-order chi connectivity index (χ1) is 13.1. The van der Waals surface area contributed by atoms with Crippen molar-refractivity contribution in [3.05, 3.63) is 54.1 Å². The van der Waals surface area contributed by atoms with Crippen LogP contribution >= 0.6 is 0 Å². The van der Waals surface area contributed by atoms with Crippen LogP contribution in [0.3, 0.4) is 0 Å². The minimum atomic E-state index is -0.108. The molecule has 3 heterocycles. The lowest BCUT2D eigenvalue weighted by atomic mass is 9.87.